The van der Waals surface area contributed by atoms with Crippen LogP contribution in [0.15, 0.2) is 47.6 Å². The molecular weight excluding hydrogens is 577 g/mol. The van der Waals surface area contributed by atoms with Crippen LogP contribution in [0.1, 0.15) is 56.9 Å². The average Bonchev–Trinajstić information content (AvgIpc) is 3.43. The standard InChI is InChI=1S/C30H26ClN7OS.ClH/c1-18-19(2)40-30-27(18)28(22-9-11-23(31)12-10-22)35-25(29-37-36-20(3)38(29)30)16-26(39)33-15-5-6-21-8-13-24(34-17-21)7-4-14-32;/h8-13,17,25H,14-16,32H2,1-3H3,(H,33,39);1H. The van der Waals surface area contributed by atoms with Crippen LogP contribution in [0, 0.1) is 44.5 Å². The minimum absolute atomic E-state index is 0. The lowest BCUT2D eigenvalue weighted by Crippen LogP contribution is -2.25. The average molecular weight is 605 g/mol. The van der Waals surface area contributed by atoms with E-state index in [1.54, 1.807) is 23.6 Å². The van der Waals surface area contributed by atoms with Gasteiger partial charge in [-0.2, -0.15) is 0 Å². The topological polar surface area (TPSA) is 111 Å². The quantitative estimate of drug-likeness (QED) is 0.334. The highest BCUT2D eigenvalue weighted by molar-refractivity contribution is 7.15. The Morgan fingerprint density at radius 3 is 2.59 bits per heavy atom. The zero-order chi connectivity index (χ0) is 28.2. The minimum Gasteiger partial charge on any atom is -0.345 e. The third-order valence-corrected chi connectivity index (χ3v) is 7.87. The summed E-state index contributed by atoms with van der Waals surface area (Å²) < 4.78 is 2.03. The van der Waals surface area contributed by atoms with Gasteiger partial charge in [-0.25, -0.2) is 4.98 Å². The third kappa shape index (κ3) is 6.51. The van der Waals surface area contributed by atoms with Crippen molar-refractivity contribution in [2.45, 2.75) is 33.2 Å². The van der Waals surface area contributed by atoms with Gasteiger partial charge in [0, 0.05) is 32.8 Å². The highest BCUT2D eigenvalue weighted by atomic mass is 35.5. The maximum absolute atomic E-state index is 13.1. The van der Waals surface area contributed by atoms with Gasteiger partial charge >= 0.3 is 0 Å². The summed E-state index contributed by atoms with van der Waals surface area (Å²) in [4.78, 5) is 23.6. The number of thiophene rings is 1. The molecule has 3 aromatic heterocycles. The number of fused-ring (bicyclic) bond motifs is 3. The van der Waals surface area contributed by atoms with Crippen molar-refractivity contribution < 1.29 is 4.79 Å². The maximum atomic E-state index is 13.1. The van der Waals surface area contributed by atoms with Gasteiger partial charge in [-0.05, 0) is 56.5 Å². The molecule has 0 radical (unpaired) electrons. The Labute approximate surface area is 253 Å². The lowest BCUT2D eigenvalue weighted by atomic mass is 9.99. The van der Waals surface area contributed by atoms with Crippen molar-refractivity contribution in [1.29, 1.82) is 0 Å². The summed E-state index contributed by atoms with van der Waals surface area (Å²) in [5.41, 5.74) is 10.7. The van der Waals surface area contributed by atoms with Gasteiger partial charge in [-0.1, -0.05) is 41.5 Å². The van der Waals surface area contributed by atoms with E-state index in [4.69, 9.17) is 22.3 Å². The van der Waals surface area contributed by atoms with Crippen LogP contribution in [0.2, 0.25) is 5.02 Å². The number of halogens is 2. The van der Waals surface area contributed by atoms with Crippen LogP contribution in [0.5, 0.6) is 0 Å². The normalized spacial score (nSPS) is 13.2. The van der Waals surface area contributed by atoms with E-state index in [0.717, 1.165) is 38.8 Å². The van der Waals surface area contributed by atoms with E-state index in [1.165, 1.54) is 4.88 Å². The van der Waals surface area contributed by atoms with Crippen LogP contribution in [0.4, 0.5) is 0 Å². The summed E-state index contributed by atoms with van der Waals surface area (Å²) in [6.45, 7) is 6.57. The van der Waals surface area contributed by atoms with Crippen LogP contribution < -0.4 is 11.1 Å². The van der Waals surface area contributed by atoms with Crippen molar-refractivity contribution in [1.82, 2.24) is 25.1 Å². The Kier molecular flexibility index (Phi) is 9.59. The van der Waals surface area contributed by atoms with Crippen LogP contribution >= 0.6 is 35.3 Å². The van der Waals surface area contributed by atoms with E-state index < -0.39 is 6.04 Å². The number of hydrogen-bond acceptors (Lipinski definition) is 7. The summed E-state index contributed by atoms with van der Waals surface area (Å²) >= 11 is 7.85. The zero-order valence-electron chi connectivity index (χ0n) is 22.7. The van der Waals surface area contributed by atoms with E-state index >= 15 is 0 Å². The number of pyridine rings is 1. The molecular formula is C30H27Cl2N7OS. The summed E-state index contributed by atoms with van der Waals surface area (Å²) in [5, 5.41) is 13.3. The van der Waals surface area contributed by atoms with Crippen molar-refractivity contribution in [2.24, 2.45) is 10.7 Å². The van der Waals surface area contributed by atoms with Crippen molar-refractivity contribution in [2.75, 3.05) is 13.1 Å². The molecule has 11 heteroatoms. The van der Waals surface area contributed by atoms with Crippen molar-refractivity contribution in [3.8, 4) is 28.7 Å². The predicted molar refractivity (Wildman–Crippen MR) is 165 cm³/mol. The Morgan fingerprint density at radius 2 is 1.88 bits per heavy atom. The second kappa shape index (κ2) is 13.1. The number of carbonyl (C=O) groups excluding carboxylic acids is 1. The summed E-state index contributed by atoms with van der Waals surface area (Å²) in [5.74, 6) is 12.8. The number of rotatable bonds is 4. The van der Waals surface area contributed by atoms with E-state index in [0.29, 0.717) is 16.5 Å². The molecule has 1 atom stereocenters. The molecule has 1 aliphatic heterocycles. The fraction of sp³-hybridized carbons (Fsp3) is 0.233. The molecule has 0 saturated heterocycles. The number of aliphatic imine (C=N–C) groups is 1. The van der Waals surface area contributed by atoms with Gasteiger partial charge in [0.1, 0.15) is 22.6 Å². The number of nitrogens with zero attached hydrogens (tertiary/aromatic N) is 5. The number of aromatic nitrogens is 4. The number of aryl methyl sites for hydroxylation is 2. The van der Waals surface area contributed by atoms with Gasteiger partial charge in [0.05, 0.1) is 25.2 Å². The molecule has 41 heavy (non-hydrogen) atoms. The largest absolute Gasteiger partial charge is 0.345 e. The number of amides is 1. The smallest absolute Gasteiger partial charge is 0.223 e. The Balaban J connectivity index is 0.00000387. The molecule has 0 saturated carbocycles. The number of carbonyl (C=O) groups is 1. The van der Waals surface area contributed by atoms with Crippen LogP contribution in [-0.2, 0) is 4.79 Å². The number of benzene rings is 1. The van der Waals surface area contributed by atoms with Gasteiger partial charge in [0.15, 0.2) is 5.82 Å². The molecule has 0 spiro atoms. The molecule has 3 N–H and O–H groups in total. The molecule has 8 nitrogen and oxygen atoms in total. The van der Waals surface area contributed by atoms with Gasteiger partial charge in [-0.15, -0.1) is 33.9 Å². The molecule has 1 amide bonds. The number of hydrogen-bond donors (Lipinski definition) is 2. The lowest BCUT2D eigenvalue weighted by Gasteiger charge is -2.12. The molecule has 4 aromatic rings. The SMILES string of the molecule is Cc1sc2c(c1C)C(c1ccc(Cl)cc1)=NC(CC(=O)NCC#Cc1ccc(C#CCN)nc1)c1nnc(C)n1-2.Cl. The molecule has 208 valence electrons. The number of nitrogens with two attached hydrogens (primary N) is 1. The van der Waals surface area contributed by atoms with E-state index in [9.17, 15) is 4.79 Å². The molecule has 0 aliphatic carbocycles. The molecule has 1 aliphatic rings. The van der Waals surface area contributed by atoms with Gasteiger partial charge < -0.3 is 11.1 Å². The third-order valence-electron chi connectivity index (χ3n) is 6.42. The second-order valence-corrected chi connectivity index (χ2v) is 10.8. The molecule has 1 unspecified atom stereocenters. The zero-order valence-corrected chi connectivity index (χ0v) is 25.0. The molecule has 0 fully saturated rings. The summed E-state index contributed by atoms with van der Waals surface area (Å²) in [6, 6.07) is 10.7. The van der Waals surface area contributed by atoms with Gasteiger partial charge in [-0.3, -0.25) is 14.4 Å². The first kappa shape index (κ1) is 30.0. The van der Waals surface area contributed by atoms with E-state index in [2.05, 4.69) is 58.0 Å². The summed E-state index contributed by atoms with van der Waals surface area (Å²) in [7, 11) is 0. The fourth-order valence-electron chi connectivity index (χ4n) is 4.35. The van der Waals surface area contributed by atoms with Crippen molar-refractivity contribution in [3.63, 3.8) is 0 Å². The first-order valence-corrected chi connectivity index (χ1v) is 13.8. The maximum Gasteiger partial charge on any atom is 0.223 e. The minimum atomic E-state index is -0.537. The fourth-order valence-corrected chi connectivity index (χ4v) is 5.69. The molecule has 1 aromatic carbocycles. The van der Waals surface area contributed by atoms with E-state index in [-0.39, 0.29) is 37.8 Å². The van der Waals surface area contributed by atoms with Crippen LogP contribution in [0.3, 0.4) is 0 Å². The monoisotopic (exact) mass is 603 g/mol. The summed E-state index contributed by atoms with van der Waals surface area (Å²) in [6.07, 6.45) is 1.74. The second-order valence-electron chi connectivity index (χ2n) is 9.13. The molecule has 4 heterocycles. The Hall–Kier alpha value is -3.99. The first-order chi connectivity index (χ1) is 19.4. The van der Waals surface area contributed by atoms with Gasteiger partial charge in [0.2, 0.25) is 5.91 Å². The van der Waals surface area contributed by atoms with E-state index in [1.807, 2.05) is 41.8 Å². The van der Waals surface area contributed by atoms with Crippen molar-refractivity contribution in [3.05, 3.63) is 92.1 Å². The Morgan fingerprint density at radius 1 is 1.10 bits per heavy atom. The van der Waals surface area contributed by atoms with Gasteiger partial charge in [0.25, 0.3) is 0 Å². The van der Waals surface area contributed by atoms with Crippen molar-refractivity contribution >= 4 is 47.0 Å². The molecule has 5 rings (SSSR count). The first-order valence-electron chi connectivity index (χ1n) is 12.6. The highest BCUT2D eigenvalue weighted by Gasteiger charge is 2.32. The van der Waals surface area contributed by atoms with Crippen LogP contribution in [0.25, 0.3) is 5.00 Å². The lowest BCUT2D eigenvalue weighted by molar-refractivity contribution is -0.121. The predicted octanol–water partition coefficient (Wildman–Crippen LogP) is 4.48. The number of nitrogens with one attached hydrogen (secondary N) is 1. The Bertz CT molecular complexity index is 1730. The highest BCUT2D eigenvalue weighted by Crippen LogP contribution is 2.39. The molecule has 0 bridgehead atoms. The van der Waals surface area contributed by atoms with Crippen LogP contribution in [-0.4, -0.2) is 44.5 Å².